The van der Waals surface area contributed by atoms with Crippen molar-refractivity contribution in [3.05, 3.63) is 33.8 Å². The molecule has 1 aromatic carbocycles. The highest BCUT2D eigenvalue weighted by molar-refractivity contribution is 6.31. The maximum absolute atomic E-state index is 6.47. The minimum atomic E-state index is 0.106. The highest BCUT2D eigenvalue weighted by Crippen LogP contribution is 2.35. The third-order valence-electron chi connectivity index (χ3n) is 4.38. The predicted molar refractivity (Wildman–Crippen MR) is 79.0 cm³/mol. The van der Waals surface area contributed by atoms with E-state index in [1.54, 1.807) is 0 Å². The van der Waals surface area contributed by atoms with E-state index in [9.17, 15) is 0 Å². The Hall–Kier alpha value is -0.530. The molecule has 0 aliphatic heterocycles. The van der Waals surface area contributed by atoms with E-state index < -0.39 is 0 Å². The molecular weight excluding hydrogens is 242 g/mol. The lowest BCUT2D eigenvalue weighted by Crippen LogP contribution is -2.21. The van der Waals surface area contributed by atoms with Gasteiger partial charge in [-0.3, -0.25) is 0 Å². The lowest BCUT2D eigenvalue weighted by Gasteiger charge is -2.24. The second-order valence-corrected chi connectivity index (χ2v) is 6.14. The zero-order valence-corrected chi connectivity index (χ0v) is 12.3. The van der Waals surface area contributed by atoms with Crippen LogP contribution in [0.15, 0.2) is 12.1 Å². The fourth-order valence-electron chi connectivity index (χ4n) is 2.98. The number of hydrogen-bond donors (Lipinski definition) is 1. The van der Waals surface area contributed by atoms with Gasteiger partial charge in [0.2, 0.25) is 0 Å². The molecule has 0 heterocycles. The summed E-state index contributed by atoms with van der Waals surface area (Å²) < 4.78 is 0. The molecule has 1 aliphatic rings. The van der Waals surface area contributed by atoms with Crippen LogP contribution in [-0.4, -0.2) is 0 Å². The molecule has 18 heavy (non-hydrogen) atoms. The summed E-state index contributed by atoms with van der Waals surface area (Å²) in [6.45, 7) is 4.23. The third-order valence-corrected chi connectivity index (χ3v) is 4.71. The molecular formula is C16H24ClN. The second kappa shape index (κ2) is 6.08. The maximum Gasteiger partial charge on any atom is 0.0456 e. The number of benzene rings is 1. The summed E-state index contributed by atoms with van der Waals surface area (Å²) >= 11 is 6.38. The Morgan fingerprint density at radius 1 is 1.06 bits per heavy atom. The Kier molecular flexibility index (Phi) is 4.69. The van der Waals surface area contributed by atoms with Gasteiger partial charge in [0.1, 0.15) is 0 Å². The zero-order valence-electron chi connectivity index (χ0n) is 11.5. The number of aryl methyl sites for hydroxylation is 2. The van der Waals surface area contributed by atoms with Crippen LogP contribution in [-0.2, 0) is 0 Å². The topological polar surface area (TPSA) is 26.0 Å². The van der Waals surface area contributed by atoms with Gasteiger partial charge in [0.15, 0.2) is 0 Å². The van der Waals surface area contributed by atoms with Crippen molar-refractivity contribution in [2.75, 3.05) is 0 Å². The van der Waals surface area contributed by atoms with E-state index in [1.807, 2.05) is 0 Å². The first-order valence-electron chi connectivity index (χ1n) is 7.12. The minimum absolute atomic E-state index is 0.106. The summed E-state index contributed by atoms with van der Waals surface area (Å²) in [4.78, 5) is 0. The van der Waals surface area contributed by atoms with Gasteiger partial charge < -0.3 is 5.73 Å². The van der Waals surface area contributed by atoms with Gasteiger partial charge in [-0.15, -0.1) is 0 Å². The molecule has 100 valence electrons. The van der Waals surface area contributed by atoms with Crippen LogP contribution in [0.25, 0.3) is 0 Å². The summed E-state index contributed by atoms with van der Waals surface area (Å²) in [7, 11) is 0. The highest BCUT2D eigenvalue weighted by Gasteiger charge is 2.23. The maximum atomic E-state index is 6.47. The molecule has 1 nitrogen and oxygen atoms in total. The van der Waals surface area contributed by atoms with Crippen molar-refractivity contribution in [2.45, 2.75) is 58.4 Å². The van der Waals surface area contributed by atoms with E-state index in [0.29, 0.717) is 5.92 Å². The Balaban J connectivity index is 2.21. The number of rotatable bonds is 2. The van der Waals surface area contributed by atoms with Gasteiger partial charge in [0, 0.05) is 11.1 Å². The number of nitrogens with two attached hydrogens (primary N) is 1. The van der Waals surface area contributed by atoms with E-state index >= 15 is 0 Å². The average Bonchev–Trinajstić information content (AvgIpc) is 2.61. The molecule has 0 saturated heterocycles. The summed E-state index contributed by atoms with van der Waals surface area (Å²) in [6.07, 6.45) is 7.88. The fourth-order valence-corrected chi connectivity index (χ4v) is 3.33. The first-order valence-corrected chi connectivity index (χ1v) is 7.49. The van der Waals surface area contributed by atoms with Crippen molar-refractivity contribution in [3.8, 4) is 0 Å². The van der Waals surface area contributed by atoms with Crippen molar-refractivity contribution < 1.29 is 0 Å². The van der Waals surface area contributed by atoms with E-state index in [2.05, 4.69) is 26.0 Å². The molecule has 1 aromatic rings. The largest absolute Gasteiger partial charge is 0.324 e. The molecule has 2 heteroatoms. The zero-order chi connectivity index (χ0) is 13.1. The van der Waals surface area contributed by atoms with Crippen molar-refractivity contribution in [2.24, 2.45) is 11.7 Å². The normalized spacial score (nSPS) is 19.6. The molecule has 0 aromatic heterocycles. The second-order valence-electron chi connectivity index (χ2n) is 5.74. The van der Waals surface area contributed by atoms with Crippen LogP contribution >= 0.6 is 11.6 Å². The third kappa shape index (κ3) is 3.07. The van der Waals surface area contributed by atoms with Crippen LogP contribution in [0.4, 0.5) is 0 Å². The number of halogens is 1. The van der Waals surface area contributed by atoms with Crippen molar-refractivity contribution in [1.29, 1.82) is 0 Å². The monoisotopic (exact) mass is 265 g/mol. The highest BCUT2D eigenvalue weighted by atomic mass is 35.5. The fraction of sp³-hybridized carbons (Fsp3) is 0.625. The lowest BCUT2D eigenvalue weighted by molar-refractivity contribution is 0.382. The molecule has 1 saturated carbocycles. The Labute approximate surface area is 116 Å². The van der Waals surface area contributed by atoms with Crippen molar-refractivity contribution in [1.82, 2.24) is 0 Å². The summed E-state index contributed by atoms with van der Waals surface area (Å²) in [5, 5.41) is 0.842. The molecule has 1 atom stereocenters. The molecule has 2 rings (SSSR count). The van der Waals surface area contributed by atoms with E-state index in [0.717, 1.165) is 10.6 Å². The van der Waals surface area contributed by atoms with Crippen molar-refractivity contribution >= 4 is 11.6 Å². The van der Waals surface area contributed by atoms with E-state index in [-0.39, 0.29) is 6.04 Å². The van der Waals surface area contributed by atoms with Crippen LogP contribution < -0.4 is 5.73 Å². The summed E-state index contributed by atoms with van der Waals surface area (Å²) in [6, 6.07) is 4.35. The molecule has 0 amide bonds. The first kappa shape index (κ1) is 13.9. The quantitative estimate of drug-likeness (QED) is 0.754. The van der Waals surface area contributed by atoms with Crippen LogP contribution in [0.1, 0.15) is 61.3 Å². The van der Waals surface area contributed by atoms with Gasteiger partial charge in [-0.05, 0) is 55.4 Å². The van der Waals surface area contributed by atoms with Crippen LogP contribution in [0.2, 0.25) is 5.02 Å². The van der Waals surface area contributed by atoms with Gasteiger partial charge in [-0.2, -0.15) is 0 Å². The summed E-state index contributed by atoms with van der Waals surface area (Å²) in [5.41, 5.74) is 10.2. The minimum Gasteiger partial charge on any atom is -0.324 e. The van der Waals surface area contributed by atoms with Crippen LogP contribution in [0, 0.1) is 19.8 Å². The predicted octanol–water partition coefficient (Wildman–Crippen LogP) is 4.93. The van der Waals surface area contributed by atoms with Gasteiger partial charge in [0.25, 0.3) is 0 Å². The van der Waals surface area contributed by atoms with Crippen molar-refractivity contribution in [3.63, 3.8) is 0 Å². The van der Waals surface area contributed by atoms with E-state index in [4.69, 9.17) is 17.3 Å². The van der Waals surface area contributed by atoms with E-state index in [1.165, 1.54) is 49.7 Å². The Bertz CT molecular complexity index is 406. The molecule has 0 bridgehead atoms. The molecule has 0 spiro atoms. The van der Waals surface area contributed by atoms with Gasteiger partial charge in [0.05, 0.1) is 0 Å². The smallest absolute Gasteiger partial charge is 0.0456 e. The van der Waals surface area contributed by atoms with Crippen LogP contribution in [0.5, 0.6) is 0 Å². The molecule has 1 aliphatic carbocycles. The number of hydrogen-bond acceptors (Lipinski definition) is 1. The first-order chi connectivity index (χ1) is 8.59. The van der Waals surface area contributed by atoms with Gasteiger partial charge in [-0.25, -0.2) is 0 Å². The lowest BCUT2D eigenvalue weighted by atomic mass is 9.87. The SMILES string of the molecule is Cc1cc(Cl)c(C(N)C2CCCCCC2)cc1C. The Morgan fingerprint density at radius 3 is 2.22 bits per heavy atom. The standard InChI is InChI=1S/C16H24ClN/c1-11-9-14(15(17)10-12(11)2)16(18)13-7-5-3-4-6-8-13/h9-10,13,16H,3-8,18H2,1-2H3. The van der Waals surface area contributed by atoms with Gasteiger partial charge >= 0.3 is 0 Å². The molecule has 2 N–H and O–H groups in total. The average molecular weight is 266 g/mol. The molecule has 0 radical (unpaired) electrons. The molecule has 1 fully saturated rings. The Morgan fingerprint density at radius 2 is 1.61 bits per heavy atom. The van der Waals surface area contributed by atoms with Crippen LogP contribution in [0.3, 0.4) is 0 Å². The van der Waals surface area contributed by atoms with Gasteiger partial charge in [-0.1, -0.05) is 43.4 Å². The molecule has 1 unspecified atom stereocenters. The summed E-state index contributed by atoms with van der Waals surface area (Å²) in [5.74, 6) is 0.604.